The van der Waals surface area contributed by atoms with Crippen LogP contribution in [0, 0.1) is 5.92 Å². The lowest BCUT2D eigenvalue weighted by atomic mass is 9.92. The zero-order valence-electron chi connectivity index (χ0n) is 11.9. The van der Waals surface area contributed by atoms with E-state index in [2.05, 4.69) is 30.5 Å². The van der Waals surface area contributed by atoms with Crippen molar-refractivity contribution < 1.29 is 4.79 Å². The first-order chi connectivity index (χ1) is 9.20. The summed E-state index contributed by atoms with van der Waals surface area (Å²) in [5.74, 6) is 0.322. The zero-order valence-corrected chi connectivity index (χ0v) is 11.9. The molecule has 2 N–H and O–H groups in total. The van der Waals surface area contributed by atoms with Crippen LogP contribution in [0.1, 0.15) is 38.7 Å². The second-order valence-corrected chi connectivity index (χ2v) is 5.47. The van der Waals surface area contributed by atoms with Crippen LogP contribution in [0.2, 0.25) is 0 Å². The average molecular weight is 260 g/mol. The third-order valence-electron chi connectivity index (χ3n) is 3.79. The molecule has 0 aromatic heterocycles. The van der Waals surface area contributed by atoms with Gasteiger partial charge < -0.3 is 10.6 Å². The number of benzene rings is 1. The minimum absolute atomic E-state index is 0.144. The first-order valence-electron chi connectivity index (χ1n) is 7.33. The number of carbonyl (C=O) groups excluding carboxylic acids is 1. The molecule has 3 nitrogen and oxygen atoms in total. The van der Waals surface area contributed by atoms with E-state index in [9.17, 15) is 4.79 Å². The standard InChI is InChI=1S/C16H24N2O/c1-3-6-13-7-4-5-8-15(13)18-16(19)14-9-10-17-12(2)11-14/h4-5,7-8,12,14,17H,3,6,9-11H2,1-2H3,(H,18,19). The molecule has 19 heavy (non-hydrogen) atoms. The second-order valence-electron chi connectivity index (χ2n) is 5.47. The van der Waals surface area contributed by atoms with E-state index in [1.165, 1.54) is 5.56 Å². The number of para-hydroxylation sites is 1. The minimum Gasteiger partial charge on any atom is -0.326 e. The monoisotopic (exact) mass is 260 g/mol. The zero-order chi connectivity index (χ0) is 13.7. The Balaban J connectivity index is 2.02. The van der Waals surface area contributed by atoms with E-state index < -0.39 is 0 Å². The summed E-state index contributed by atoms with van der Waals surface area (Å²) >= 11 is 0. The number of hydrogen-bond acceptors (Lipinski definition) is 2. The lowest BCUT2D eigenvalue weighted by Crippen LogP contribution is -2.40. The summed E-state index contributed by atoms with van der Waals surface area (Å²) < 4.78 is 0. The van der Waals surface area contributed by atoms with Gasteiger partial charge in [0.1, 0.15) is 0 Å². The predicted molar refractivity (Wildman–Crippen MR) is 79.3 cm³/mol. The summed E-state index contributed by atoms with van der Waals surface area (Å²) in [6.07, 6.45) is 3.98. The lowest BCUT2D eigenvalue weighted by molar-refractivity contribution is -0.120. The summed E-state index contributed by atoms with van der Waals surface area (Å²) in [5.41, 5.74) is 2.22. The molecule has 0 radical (unpaired) electrons. The molecule has 1 saturated heterocycles. The Kier molecular flexibility index (Phi) is 4.97. The fourth-order valence-corrected chi connectivity index (χ4v) is 2.73. The second kappa shape index (κ2) is 6.71. The van der Waals surface area contributed by atoms with Crippen molar-refractivity contribution in [3.8, 4) is 0 Å². The van der Waals surface area contributed by atoms with Gasteiger partial charge in [0.05, 0.1) is 0 Å². The van der Waals surface area contributed by atoms with Crippen molar-refractivity contribution in [2.75, 3.05) is 11.9 Å². The van der Waals surface area contributed by atoms with E-state index in [-0.39, 0.29) is 11.8 Å². The van der Waals surface area contributed by atoms with Crippen molar-refractivity contribution in [2.24, 2.45) is 5.92 Å². The molecule has 1 fully saturated rings. The molecule has 3 heteroatoms. The predicted octanol–water partition coefficient (Wildman–Crippen LogP) is 2.97. The SMILES string of the molecule is CCCc1ccccc1NC(=O)C1CCNC(C)C1. The smallest absolute Gasteiger partial charge is 0.227 e. The maximum absolute atomic E-state index is 12.3. The number of piperidine rings is 1. The van der Waals surface area contributed by atoms with E-state index in [4.69, 9.17) is 0 Å². The van der Waals surface area contributed by atoms with E-state index in [1.54, 1.807) is 0 Å². The van der Waals surface area contributed by atoms with Gasteiger partial charge in [0.25, 0.3) is 0 Å². The number of hydrogen-bond donors (Lipinski definition) is 2. The van der Waals surface area contributed by atoms with Crippen LogP contribution >= 0.6 is 0 Å². The summed E-state index contributed by atoms with van der Waals surface area (Å²) in [7, 11) is 0. The number of nitrogens with one attached hydrogen (secondary N) is 2. The summed E-state index contributed by atoms with van der Waals surface area (Å²) in [6.45, 7) is 5.24. The highest BCUT2D eigenvalue weighted by Crippen LogP contribution is 2.21. The molecule has 2 rings (SSSR count). The van der Waals surface area contributed by atoms with Crippen LogP contribution in [0.5, 0.6) is 0 Å². The molecule has 1 heterocycles. The van der Waals surface area contributed by atoms with Crippen molar-refractivity contribution in [2.45, 2.75) is 45.6 Å². The molecule has 1 aromatic carbocycles. The third kappa shape index (κ3) is 3.80. The summed E-state index contributed by atoms with van der Waals surface area (Å²) in [5, 5.41) is 6.50. The minimum atomic E-state index is 0.144. The van der Waals surface area contributed by atoms with Crippen molar-refractivity contribution in [3.05, 3.63) is 29.8 Å². The van der Waals surface area contributed by atoms with Crippen LogP contribution in [0.4, 0.5) is 5.69 Å². The Morgan fingerprint density at radius 1 is 1.42 bits per heavy atom. The highest BCUT2D eigenvalue weighted by atomic mass is 16.1. The van der Waals surface area contributed by atoms with Crippen molar-refractivity contribution in [1.82, 2.24) is 5.32 Å². The Hall–Kier alpha value is -1.35. The normalized spacial score (nSPS) is 23.1. The quantitative estimate of drug-likeness (QED) is 0.874. The molecule has 1 amide bonds. The van der Waals surface area contributed by atoms with Gasteiger partial charge in [-0.25, -0.2) is 0 Å². The molecule has 1 aliphatic heterocycles. The van der Waals surface area contributed by atoms with E-state index in [0.29, 0.717) is 6.04 Å². The van der Waals surface area contributed by atoms with Gasteiger partial charge in [-0.15, -0.1) is 0 Å². The highest BCUT2D eigenvalue weighted by Gasteiger charge is 2.24. The number of carbonyl (C=O) groups is 1. The van der Waals surface area contributed by atoms with Gasteiger partial charge in [-0.1, -0.05) is 31.5 Å². The van der Waals surface area contributed by atoms with Crippen molar-refractivity contribution >= 4 is 11.6 Å². The van der Waals surface area contributed by atoms with Crippen LogP contribution in [-0.4, -0.2) is 18.5 Å². The number of amides is 1. The van der Waals surface area contributed by atoms with Crippen LogP contribution in [0.15, 0.2) is 24.3 Å². The van der Waals surface area contributed by atoms with Crippen LogP contribution < -0.4 is 10.6 Å². The topological polar surface area (TPSA) is 41.1 Å². The van der Waals surface area contributed by atoms with Gasteiger partial charge >= 0.3 is 0 Å². The Morgan fingerprint density at radius 3 is 2.95 bits per heavy atom. The van der Waals surface area contributed by atoms with Gasteiger partial charge in [0.15, 0.2) is 0 Å². The molecule has 0 bridgehead atoms. The van der Waals surface area contributed by atoms with Crippen LogP contribution in [0.3, 0.4) is 0 Å². The Labute approximate surface area is 115 Å². The van der Waals surface area contributed by atoms with E-state index in [0.717, 1.165) is 37.9 Å². The molecule has 1 aromatic rings. The average Bonchev–Trinajstić information content (AvgIpc) is 2.41. The molecule has 1 aliphatic rings. The lowest BCUT2D eigenvalue weighted by Gasteiger charge is -2.27. The molecule has 0 aliphatic carbocycles. The molecule has 104 valence electrons. The molecular weight excluding hydrogens is 236 g/mol. The van der Waals surface area contributed by atoms with E-state index in [1.807, 2.05) is 18.2 Å². The molecule has 2 atom stereocenters. The van der Waals surface area contributed by atoms with Crippen LogP contribution in [-0.2, 0) is 11.2 Å². The summed E-state index contributed by atoms with van der Waals surface area (Å²) in [4.78, 5) is 12.3. The van der Waals surface area contributed by atoms with E-state index >= 15 is 0 Å². The molecule has 2 unspecified atom stereocenters. The van der Waals surface area contributed by atoms with Crippen molar-refractivity contribution in [1.29, 1.82) is 0 Å². The first-order valence-corrected chi connectivity index (χ1v) is 7.33. The fourth-order valence-electron chi connectivity index (χ4n) is 2.73. The number of anilines is 1. The third-order valence-corrected chi connectivity index (χ3v) is 3.79. The van der Waals surface area contributed by atoms with Crippen molar-refractivity contribution in [3.63, 3.8) is 0 Å². The largest absolute Gasteiger partial charge is 0.326 e. The molecular formula is C16H24N2O. The fraction of sp³-hybridized carbons (Fsp3) is 0.562. The van der Waals surface area contributed by atoms with Gasteiger partial charge in [0, 0.05) is 17.6 Å². The first kappa shape index (κ1) is 14.1. The van der Waals surface area contributed by atoms with Gasteiger partial charge in [-0.05, 0) is 44.4 Å². The van der Waals surface area contributed by atoms with Gasteiger partial charge in [-0.3, -0.25) is 4.79 Å². The maximum atomic E-state index is 12.3. The Morgan fingerprint density at radius 2 is 2.21 bits per heavy atom. The van der Waals surface area contributed by atoms with Crippen LogP contribution in [0.25, 0.3) is 0 Å². The molecule has 0 spiro atoms. The summed E-state index contributed by atoms with van der Waals surface area (Å²) in [6, 6.07) is 8.57. The maximum Gasteiger partial charge on any atom is 0.227 e. The highest BCUT2D eigenvalue weighted by molar-refractivity contribution is 5.93. The van der Waals surface area contributed by atoms with Gasteiger partial charge in [-0.2, -0.15) is 0 Å². The number of aryl methyl sites for hydroxylation is 1. The van der Waals surface area contributed by atoms with Gasteiger partial charge in [0.2, 0.25) is 5.91 Å². The molecule has 0 saturated carbocycles. The Bertz CT molecular complexity index is 431. The number of rotatable bonds is 4.